The van der Waals surface area contributed by atoms with Crippen LogP contribution in [0.15, 0.2) is 30.5 Å². The SMILES string of the molecule is CCN1CCC(n2nccc2NC(=O)c2cc(N)ccc2C)CC1. The highest BCUT2D eigenvalue weighted by Crippen LogP contribution is 2.25. The van der Waals surface area contributed by atoms with Crippen LogP contribution in [0.25, 0.3) is 0 Å². The first kappa shape index (κ1) is 16.5. The summed E-state index contributed by atoms with van der Waals surface area (Å²) in [6.07, 6.45) is 3.85. The van der Waals surface area contributed by atoms with Gasteiger partial charge < -0.3 is 16.0 Å². The summed E-state index contributed by atoms with van der Waals surface area (Å²) in [6, 6.07) is 7.57. The van der Waals surface area contributed by atoms with Gasteiger partial charge in [0.25, 0.3) is 5.91 Å². The highest BCUT2D eigenvalue weighted by atomic mass is 16.1. The molecule has 1 aromatic heterocycles. The van der Waals surface area contributed by atoms with Crippen LogP contribution in [0, 0.1) is 6.92 Å². The van der Waals surface area contributed by atoms with Gasteiger partial charge in [0.2, 0.25) is 0 Å². The Hall–Kier alpha value is -2.34. The highest BCUT2D eigenvalue weighted by Gasteiger charge is 2.22. The normalized spacial score (nSPS) is 16.2. The van der Waals surface area contributed by atoms with Crippen molar-refractivity contribution in [2.24, 2.45) is 0 Å². The maximum Gasteiger partial charge on any atom is 0.257 e. The van der Waals surface area contributed by atoms with Crippen molar-refractivity contribution in [3.8, 4) is 0 Å². The Morgan fingerprint density at radius 3 is 2.79 bits per heavy atom. The molecule has 3 rings (SSSR count). The molecule has 1 saturated heterocycles. The number of aromatic nitrogens is 2. The van der Waals surface area contributed by atoms with E-state index in [-0.39, 0.29) is 5.91 Å². The molecule has 3 N–H and O–H groups in total. The topological polar surface area (TPSA) is 76.2 Å². The maximum atomic E-state index is 12.6. The van der Waals surface area contributed by atoms with Crippen LogP contribution in [0.4, 0.5) is 11.5 Å². The van der Waals surface area contributed by atoms with E-state index in [2.05, 4.69) is 22.2 Å². The zero-order chi connectivity index (χ0) is 17.1. The average molecular weight is 327 g/mol. The number of carbonyl (C=O) groups excluding carboxylic acids is 1. The number of hydrogen-bond donors (Lipinski definition) is 2. The van der Waals surface area contributed by atoms with E-state index < -0.39 is 0 Å². The minimum atomic E-state index is -0.146. The molecule has 0 saturated carbocycles. The zero-order valence-electron chi connectivity index (χ0n) is 14.3. The first-order valence-corrected chi connectivity index (χ1v) is 8.52. The largest absolute Gasteiger partial charge is 0.399 e. The van der Waals surface area contributed by atoms with Gasteiger partial charge in [0.1, 0.15) is 5.82 Å². The summed E-state index contributed by atoms with van der Waals surface area (Å²) in [7, 11) is 0. The molecule has 0 aliphatic carbocycles. The van der Waals surface area contributed by atoms with Crippen molar-refractivity contribution in [3.63, 3.8) is 0 Å². The summed E-state index contributed by atoms with van der Waals surface area (Å²) in [5.74, 6) is 0.601. The van der Waals surface area contributed by atoms with E-state index in [0.717, 1.165) is 43.9 Å². The Balaban J connectivity index is 1.74. The summed E-state index contributed by atoms with van der Waals surface area (Å²) in [6.45, 7) is 7.33. The number of rotatable bonds is 4. The van der Waals surface area contributed by atoms with Crippen molar-refractivity contribution in [3.05, 3.63) is 41.6 Å². The van der Waals surface area contributed by atoms with Gasteiger partial charge >= 0.3 is 0 Å². The van der Waals surface area contributed by atoms with Crippen LogP contribution in [-0.4, -0.2) is 40.2 Å². The first-order chi connectivity index (χ1) is 11.6. The third-order valence-electron chi connectivity index (χ3n) is 4.77. The number of piperidine rings is 1. The van der Waals surface area contributed by atoms with Crippen molar-refractivity contribution in [1.29, 1.82) is 0 Å². The molecule has 0 radical (unpaired) electrons. The number of likely N-dealkylation sites (tertiary alicyclic amines) is 1. The Bertz CT molecular complexity index is 716. The van der Waals surface area contributed by atoms with Crippen LogP contribution in [-0.2, 0) is 0 Å². The Labute approximate surface area is 142 Å². The van der Waals surface area contributed by atoms with E-state index in [1.165, 1.54) is 0 Å². The molecular weight excluding hydrogens is 302 g/mol. The molecule has 1 fully saturated rings. The Morgan fingerprint density at radius 1 is 1.33 bits per heavy atom. The molecule has 1 aliphatic rings. The van der Waals surface area contributed by atoms with Crippen molar-refractivity contribution in [2.45, 2.75) is 32.7 Å². The standard InChI is InChI=1S/C18H25N5O/c1-3-22-10-7-15(8-11-22)23-17(6-9-20-23)21-18(24)16-12-14(19)5-4-13(16)2/h4-6,9,12,15H,3,7-8,10-11,19H2,1-2H3,(H,21,24). The Kier molecular flexibility index (Phi) is 4.85. The van der Waals surface area contributed by atoms with Crippen LogP contribution < -0.4 is 11.1 Å². The van der Waals surface area contributed by atoms with Gasteiger partial charge in [-0.3, -0.25) is 4.79 Å². The smallest absolute Gasteiger partial charge is 0.257 e. The molecule has 6 heteroatoms. The van der Waals surface area contributed by atoms with E-state index in [4.69, 9.17) is 5.73 Å². The molecule has 6 nitrogen and oxygen atoms in total. The highest BCUT2D eigenvalue weighted by molar-refractivity contribution is 6.05. The van der Waals surface area contributed by atoms with Gasteiger partial charge in [0.15, 0.2) is 0 Å². The lowest BCUT2D eigenvalue weighted by atomic mass is 10.1. The van der Waals surface area contributed by atoms with Gasteiger partial charge in [-0.2, -0.15) is 5.10 Å². The molecule has 0 atom stereocenters. The second-order valence-corrected chi connectivity index (χ2v) is 6.35. The Morgan fingerprint density at radius 2 is 2.08 bits per heavy atom. The van der Waals surface area contributed by atoms with Crippen molar-refractivity contribution >= 4 is 17.4 Å². The van der Waals surface area contributed by atoms with Gasteiger partial charge in [0.05, 0.1) is 12.2 Å². The number of nitrogen functional groups attached to an aromatic ring is 1. The lowest BCUT2D eigenvalue weighted by Crippen LogP contribution is -2.35. The molecule has 0 spiro atoms. The van der Waals surface area contributed by atoms with E-state index in [0.29, 0.717) is 17.3 Å². The van der Waals surface area contributed by atoms with Crippen molar-refractivity contribution in [2.75, 3.05) is 30.7 Å². The number of carbonyl (C=O) groups is 1. The molecule has 0 unspecified atom stereocenters. The van der Waals surface area contributed by atoms with Gasteiger partial charge in [-0.05, 0) is 44.0 Å². The third-order valence-corrected chi connectivity index (χ3v) is 4.77. The quantitative estimate of drug-likeness (QED) is 0.847. The molecule has 1 aliphatic heterocycles. The van der Waals surface area contributed by atoms with E-state index in [1.807, 2.05) is 23.7 Å². The van der Waals surface area contributed by atoms with Crippen LogP contribution >= 0.6 is 0 Å². The molecule has 2 aromatic rings. The van der Waals surface area contributed by atoms with Crippen LogP contribution in [0.1, 0.15) is 41.7 Å². The minimum absolute atomic E-state index is 0.146. The molecule has 128 valence electrons. The number of nitrogens with zero attached hydrogens (tertiary/aromatic N) is 3. The van der Waals surface area contributed by atoms with E-state index in [9.17, 15) is 4.79 Å². The molecule has 0 bridgehead atoms. The van der Waals surface area contributed by atoms with Crippen LogP contribution in [0.5, 0.6) is 0 Å². The molecule has 24 heavy (non-hydrogen) atoms. The molecule has 2 heterocycles. The molecular formula is C18H25N5O. The van der Waals surface area contributed by atoms with Crippen molar-refractivity contribution in [1.82, 2.24) is 14.7 Å². The van der Waals surface area contributed by atoms with E-state index >= 15 is 0 Å². The van der Waals surface area contributed by atoms with Gasteiger partial charge in [-0.1, -0.05) is 13.0 Å². The molecule has 1 amide bonds. The fourth-order valence-corrected chi connectivity index (χ4v) is 3.25. The predicted molar refractivity (Wildman–Crippen MR) is 96.2 cm³/mol. The maximum absolute atomic E-state index is 12.6. The molecule has 1 aromatic carbocycles. The summed E-state index contributed by atoms with van der Waals surface area (Å²) in [4.78, 5) is 15.0. The lowest BCUT2D eigenvalue weighted by molar-refractivity contribution is 0.102. The lowest BCUT2D eigenvalue weighted by Gasteiger charge is -2.31. The number of nitrogens with one attached hydrogen (secondary N) is 1. The van der Waals surface area contributed by atoms with Crippen LogP contribution in [0.2, 0.25) is 0 Å². The predicted octanol–water partition coefficient (Wildman–Crippen LogP) is 2.68. The van der Waals surface area contributed by atoms with E-state index in [1.54, 1.807) is 18.3 Å². The number of hydrogen-bond acceptors (Lipinski definition) is 4. The number of aryl methyl sites for hydroxylation is 1. The van der Waals surface area contributed by atoms with Gasteiger partial charge in [0, 0.05) is 30.4 Å². The monoisotopic (exact) mass is 327 g/mol. The second-order valence-electron chi connectivity index (χ2n) is 6.35. The average Bonchev–Trinajstić information content (AvgIpc) is 3.05. The minimum Gasteiger partial charge on any atom is -0.399 e. The summed E-state index contributed by atoms with van der Waals surface area (Å²) in [5, 5.41) is 7.43. The third kappa shape index (κ3) is 3.43. The van der Waals surface area contributed by atoms with Gasteiger partial charge in [-0.25, -0.2) is 4.68 Å². The number of anilines is 2. The fourth-order valence-electron chi connectivity index (χ4n) is 3.25. The number of benzene rings is 1. The zero-order valence-corrected chi connectivity index (χ0v) is 14.3. The van der Waals surface area contributed by atoms with Crippen LogP contribution in [0.3, 0.4) is 0 Å². The number of nitrogens with two attached hydrogens (primary N) is 1. The summed E-state index contributed by atoms with van der Waals surface area (Å²) in [5.41, 5.74) is 7.91. The summed E-state index contributed by atoms with van der Waals surface area (Å²) < 4.78 is 1.95. The number of amides is 1. The van der Waals surface area contributed by atoms with Gasteiger partial charge in [-0.15, -0.1) is 0 Å². The first-order valence-electron chi connectivity index (χ1n) is 8.52. The summed E-state index contributed by atoms with van der Waals surface area (Å²) >= 11 is 0. The van der Waals surface area contributed by atoms with Crippen molar-refractivity contribution < 1.29 is 4.79 Å². The second kappa shape index (κ2) is 7.05. The fraction of sp³-hybridized carbons (Fsp3) is 0.444.